The van der Waals surface area contributed by atoms with Crippen molar-refractivity contribution in [3.8, 4) is 67.3 Å². The van der Waals surface area contributed by atoms with Gasteiger partial charge in [-0.2, -0.15) is 0 Å². The van der Waals surface area contributed by atoms with Gasteiger partial charge in [0.05, 0.1) is 11.4 Å². The predicted octanol–water partition coefficient (Wildman–Crippen LogP) is 13.7. The Morgan fingerprint density at radius 2 is 0.964 bits per heavy atom. The largest absolute Gasteiger partial charge is 0.456 e. The molecule has 11 rings (SSSR count). The van der Waals surface area contributed by atoms with E-state index in [1.54, 1.807) is 6.20 Å². The molecule has 262 valence electrons. The summed E-state index contributed by atoms with van der Waals surface area (Å²) in [5.41, 5.74) is 14.5. The van der Waals surface area contributed by atoms with Gasteiger partial charge in [0.2, 0.25) is 0 Å². The van der Waals surface area contributed by atoms with Crippen LogP contribution in [0.4, 0.5) is 0 Å². The van der Waals surface area contributed by atoms with Crippen LogP contribution in [0.2, 0.25) is 0 Å². The Morgan fingerprint density at radius 3 is 1.77 bits per heavy atom. The summed E-state index contributed by atoms with van der Waals surface area (Å²) >= 11 is 0. The van der Waals surface area contributed by atoms with Crippen molar-refractivity contribution in [3.05, 3.63) is 188 Å². The molecule has 0 radical (unpaired) electrons. The highest BCUT2D eigenvalue weighted by atomic mass is 16.3. The lowest BCUT2D eigenvalue weighted by molar-refractivity contribution is 0.668. The number of pyridine rings is 1. The molecular formula is C51H31N3O2. The summed E-state index contributed by atoms with van der Waals surface area (Å²) in [7, 11) is 0. The number of furan rings is 2. The molecule has 0 N–H and O–H groups in total. The van der Waals surface area contributed by atoms with E-state index in [-0.39, 0.29) is 0 Å². The average molecular weight is 718 g/mol. The first-order valence-corrected chi connectivity index (χ1v) is 18.7. The standard InChI is InChI=1S/C51H31N3O2/c1-2-12-34(13-3-1)51-53-43(30-44(54-51)38-16-5-4-15-36(38)35-14-11-29-52-31-35)33-25-23-32(24-26-33)37-27-28-40(49-42-18-7-9-21-46(42)56-50(37)49)39-19-10-22-47-48(39)41-17-6-8-20-45(41)55-47/h1-31H. The highest BCUT2D eigenvalue weighted by Crippen LogP contribution is 2.45. The van der Waals surface area contributed by atoms with Crippen LogP contribution in [0.25, 0.3) is 111 Å². The molecule has 56 heavy (non-hydrogen) atoms. The molecule has 0 aliphatic heterocycles. The van der Waals surface area contributed by atoms with E-state index < -0.39 is 0 Å². The van der Waals surface area contributed by atoms with Crippen molar-refractivity contribution in [2.75, 3.05) is 0 Å². The average Bonchev–Trinajstić information content (AvgIpc) is 3.86. The number of nitrogens with zero attached hydrogens (tertiary/aromatic N) is 3. The van der Waals surface area contributed by atoms with Gasteiger partial charge in [-0.15, -0.1) is 0 Å². The van der Waals surface area contributed by atoms with Crippen LogP contribution in [-0.2, 0) is 0 Å². The van der Waals surface area contributed by atoms with Gasteiger partial charge in [0, 0.05) is 61.8 Å². The fourth-order valence-electron chi connectivity index (χ4n) is 8.03. The van der Waals surface area contributed by atoms with E-state index >= 15 is 0 Å². The Labute approximate surface area is 322 Å². The first kappa shape index (κ1) is 31.9. The zero-order valence-electron chi connectivity index (χ0n) is 30.1. The quantitative estimate of drug-likeness (QED) is 0.171. The topological polar surface area (TPSA) is 65.0 Å². The summed E-state index contributed by atoms with van der Waals surface area (Å²) in [6.07, 6.45) is 3.69. The fourth-order valence-corrected chi connectivity index (χ4v) is 8.03. The zero-order chi connectivity index (χ0) is 37.0. The third-order valence-electron chi connectivity index (χ3n) is 10.6. The predicted molar refractivity (Wildman–Crippen MR) is 227 cm³/mol. The van der Waals surface area contributed by atoms with Gasteiger partial charge in [0.25, 0.3) is 0 Å². The number of fused-ring (bicyclic) bond motifs is 6. The van der Waals surface area contributed by atoms with E-state index in [4.69, 9.17) is 18.8 Å². The van der Waals surface area contributed by atoms with E-state index in [1.807, 2.05) is 60.8 Å². The van der Waals surface area contributed by atoms with Crippen molar-refractivity contribution in [2.45, 2.75) is 0 Å². The second kappa shape index (κ2) is 13.0. The molecule has 0 amide bonds. The molecule has 11 aromatic rings. The molecule has 0 fully saturated rings. The summed E-state index contributed by atoms with van der Waals surface area (Å²) in [5.74, 6) is 0.670. The van der Waals surface area contributed by atoms with Crippen LogP contribution in [0.3, 0.4) is 0 Å². The van der Waals surface area contributed by atoms with Crippen molar-refractivity contribution in [1.82, 2.24) is 15.0 Å². The number of benzene rings is 7. The summed E-state index contributed by atoms with van der Waals surface area (Å²) in [6.45, 7) is 0. The van der Waals surface area contributed by atoms with Gasteiger partial charge >= 0.3 is 0 Å². The summed E-state index contributed by atoms with van der Waals surface area (Å²) in [4.78, 5) is 14.6. The van der Waals surface area contributed by atoms with E-state index in [9.17, 15) is 0 Å². The van der Waals surface area contributed by atoms with Crippen LogP contribution < -0.4 is 0 Å². The lowest BCUT2D eigenvalue weighted by atomic mass is 9.92. The van der Waals surface area contributed by atoms with Crippen LogP contribution in [0.5, 0.6) is 0 Å². The van der Waals surface area contributed by atoms with Crippen molar-refractivity contribution >= 4 is 43.9 Å². The molecule has 7 aromatic carbocycles. The van der Waals surface area contributed by atoms with E-state index in [0.29, 0.717) is 5.82 Å². The fraction of sp³-hybridized carbons (Fsp3) is 0. The van der Waals surface area contributed by atoms with Crippen molar-refractivity contribution in [1.29, 1.82) is 0 Å². The summed E-state index contributed by atoms with van der Waals surface area (Å²) < 4.78 is 13.0. The normalized spacial score (nSPS) is 11.6. The Morgan fingerprint density at radius 1 is 0.357 bits per heavy atom. The third kappa shape index (κ3) is 5.29. The number of hydrogen-bond donors (Lipinski definition) is 0. The lowest BCUT2D eigenvalue weighted by Crippen LogP contribution is -1.97. The number of hydrogen-bond acceptors (Lipinski definition) is 5. The Kier molecular flexibility index (Phi) is 7.42. The highest BCUT2D eigenvalue weighted by molar-refractivity contribution is 6.21. The Balaban J connectivity index is 1.05. The monoisotopic (exact) mass is 717 g/mol. The molecule has 0 bridgehead atoms. The van der Waals surface area contributed by atoms with Gasteiger partial charge in [-0.3, -0.25) is 4.98 Å². The molecule has 0 unspecified atom stereocenters. The first-order chi connectivity index (χ1) is 27.8. The van der Waals surface area contributed by atoms with Gasteiger partial charge in [-0.25, -0.2) is 9.97 Å². The third-order valence-corrected chi connectivity index (χ3v) is 10.6. The molecule has 0 aliphatic carbocycles. The molecule has 0 saturated carbocycles. The molecule has 4 aromatic heterocycles. The molecule has 5 heteroatoms. The van der Waals surface area contributed by atoms with Crippen molar-refractivity contribution in [3.63, 3.8) is 0 Å². The van der Waals surface area contributed by atoms with E-state index in [0.717, 1.165) is 105 Å². The minimum absolute atomic E-state index is 0.670. The van der Waals surface area contributed by atoms with Crippen LogP contribution in [0, 0.1) is 0 Å². The van der Waals surface area contributed by atoms with Crippen molar-refractivity contribution < 1.29 is 8.83 Å². The molecule has 0 aliphatic rings. The van der Waals surface area contributed by atoms with Gasteiger partial charge in [0.15, 0.2) is 5.82 Å². The SMILES string of the molecule is c1ccc(-c2nc(-c3ccc(-c4ccc(-c5cccc6oc7ccccc7c56)c5c4oc4ccccc45)cc3)cc(-c3ccccc3-c3cccnc3)n2)cc1. The smallest absolute Gasteiger partial charge is 0.160 e. The molecule has 4 heterocycles. The second-order valence-electron chi connectivity index (χ2n) is 13.9. The number of rotatable bonds is 6. The first-order valence-electron chi connectivity index (χ1n) is 18.7. The van der Waals surface area contributed by atoms with Gasteiger partial charge in [-0.05, 0) is 58.7 Å². The van der Waals surface area contributed by atoms with Crippen LogP contribution in [0.15, 0.2) is 197 Å². The molecule has 0 spiro atoms. The van der Waals surface area contributed by atoms with Crippen LogP contribution in [-0.4, -0.2) is 15.0 Å². The van der Waals surface area contributed by atoms with Crippen molar-refractivity contribution in [2.24, 2.45) is 0 Å². The lowest BCUT2D eigenvalue weighted by Gasteiger charge is -2.13. The zero-order valence-corrected chi connectivity index (χ0v) is 30.1. The molecule has 0 atom stereocenters. The van der Waals surface area contributed by atoms with Crippen LogP contribution in [0.1, 0.15) is 0 Å². The highest BCUT2D eigenvalue weighted by Gasteiger charge is 2.21. The minimum atomic E-state index is 0.670. The summed E-state index contributed by atoms with van der Waals surface area (Å²) in [6, 6.07) is 60.5. The van der Waals surface area contributed by atoms with Crippen LogP contribution >= 0.6 is 0 Å². The van der Waals surface area contributed by atoms with Gasteiger partial charge in [0.1, 0.15) is 22.3 Å². The molecular weight excluding hydrogens is 687 g/mol. The van der Waals surface area contributed by atoms with E-state index in [2.05, 4.69) is 126 Å². The Hall–Kier alpha value is -7.63. The maximum absolute atomic E-state index is 6.72. The number of aromatic nitrogens is 3. The van der Waals surface area contributed by atoms with E-state index in [1.165, 1.54) is 0 Å². The minimum Gasteiger partial charge on any atom is -0.456 e. The Bertz CT molecular complexity index is 3240. The summed E-state index contributed by atoms with van der Waals surface area (Å²) in [5, 5.41) is 4.37. The maximum Gasteiger partial charge on any atom is 0.160 e. The second-order valence-corrected chi connectivity index (χ2v) is 13.9. The molecule has 5 nitrogen and oxygen atoms in total. The van der Waals surface area contributed by atoms with Gasteiger partial charge in [-0.1, -0.05) is 140 Å². The number of para-hydroxylation sites is 2. The maximum atomic E-state index is 6.72. The molecule has 0 saturated heterocycles. The van der Waals surface area contributed by atoms with Gasteiger partial charge < -0.3 is 8.83 Å².